The molecule has 1 aliphatic heterocycles. The van der Waals surface area contributed by atoms with Gasteiger partial charge in [0.15, 0.2) is 16.7 Å². The number of aromatic hydroxyl groups is 1. The molecule has 136 valence electrons. The number of phenols is 1. The number of fused-ring (bicyclic) bond motifs is 1. The minimum absolute atomic E-state index is 0.298. The smallest absolute Gasteiger partial charge is 0.413 e. The van der Waals surface area contributed by atoms with Crippen molar-refractivity contribution >= 4 is 23.0 Å². The Hall–Kier alpha value is -1.76. The Bertz CT molecular complexity index is 717. The number of ether oxygens (including phenoxy) is 1. The molecule has 1 saturated carbocycles. The molecule has 1 unspecified atom stereocenters. The van der Waals surface area contributed by atoms with Crippen LogP contribution in [0.3, 0.4) is 0 Å². The summed E-state index contributed by atoms with van der Waals surface area (Å²) in [6.45, 7) is 5.41. The topological polar surface area (TPSA) is 70.9 Å². The molecule has 0 aromatic heterocycles. The zero-order chi connectivity index (χ0) is 18.2. The first-order chi connectivity index (χ1) is 11.7. The zero-order valence-corrected chi connectivity index (χ0v) is 15.5. The van der Waals surface area contributed by atoms with E-state index >= 15 is 0 Å². The van der Waals surface area contributed by atoms with E-state index in [0.717, 1.165) is 30.6 Å². The fourth-order valence-electron chi connectivity index (χ4n) is 3.50. The van der Waals surface area contributed by atoms with Gasteiger partial charge in [-0.2, -0.15) is 0 Å². The molecule has 2 N–H and O–H groups in total. The minimum Gasteiger partial charge on any atom is -0.505 e. The Morgan fingerprint density at radius 3 is 2.92 bits per heavy atom. The number of nitrogens with zero attached hydrogens (tertiary/aromatic N) is 1. The van der Waals surface area contributed by atoms with E-state index in [1.54, 1.807) is 26.8 Å². The predicted octanol–water partition coefficient (Wildman–Crippen LogP) is 4.15. The number of aliphatic imine (C=N–C) groups is 1. The van der Waals surface area contributed by atoms with Gasteiger partial charge in [0.25, 0.3) is 0 Å². The van der Waals surface area contributed by atoms with Crippen LogP contribution in [0.4, 0.5) is 9.18 Å². The number of amides is 1. The van der Waals surface area contributed by atoms with Gasteiger partial charge < -0.3 is 9.84 Å². The lowest BCUT2D eigenvalue weighted by Gasteiger charge is -2.36. The van der Waals surface area contributed by atoms with Crippen molar-refractivity contribution in [1.29, 1.82) is 0 Å². The molecule has 1 fully saturated rings. The van der Waals surface area contributed by atoms with Crippen LogP contribution >= 0.6 is 11.8 Å². The number of hydrogen-bond donors (Lipinski definition) is 2. The third kappa shape index (κ3) is 3.76. The molecular weight excluding hydrogens is 343 g/mol. The predicted molar refractivity (Wildman–Crippen MR) is 96.3 cm³/mol. The highest BCUT2D eigenvalue weighted by Crippen LogP contribution is 2.51. The molecule has 1 aromatic rings. The molecule has 0 bridgehead atoms. The summed E-state index contributed by atoms with van der Waals surface area (Å²) >= 11 is 1.50. The van der Waals surface area contributed by atoms with Crippen molar-refractivity contribution in [2.75, 3.05) is 5.75 Å². The number of carbonyl (C=O) groups is 1. The highest BCUT2D eigenvalue weighted by molar-refractivity contribution is 8.13. The molecule has 1 aliphatic carbocycles. The fraction of sp³-hybridized carbons (Fsp3) is 0.556. The van der Waals surface area contributed by atoms with Gasteiger partial charge in [0.2, 0.25) is 0 Å². The zero-order valence-electron chi connectivity index (χ0n) is 14.6. The Labute approximate surface area is 151 Å². The first kappa shape index (κ1) is 18.0. The number of phenolic OH excluding ortho intramolecular Hbond substituents is 1. The lowest BCUT2D eigenvalue weighted by molar-refractivity contribution is 0.0564. The highest BCUT2D eigenvalue weighted by atomic mass is 32.2. The van der Waals surface area contributed by atoms with Gasteiger partial charge in [-0.3, -0.25) is 10.3 Å². The molecule has 0 radical (unpaired) electrons. The summed E-state index contributed by atoms with van der Waals surface area (Å²) in [5.74, 6) is 0.0994. The molecule has 0 spiro atoms. The first-order valence-electron chi connectivity index (χ1n) is 8.41. The van der Waals surface area contributed by atoms with Crippen molar-refractivity contribution in [3.63, 3.8) is 0 Å². The van der Waals surface area contributed by atoms with Crippen molar-refractivity contribution in [3.05, 3.63) is 29.6 Å². The molecule has 2 aliphatic rings. The standard InChI is InChI=1S/C18H23FN2O3S/c1-17(2,3)24-16(23)20-15-21-18(8-4-5-12(18)10-25-15)11-6-7-13(19)14(22)9-11/h6-7,9,12,22H,4-5,8,10H2,1-3H3,(H,20,21,23)/t12?,18-/m1/s1. The van der Waals surface area contributed by atoms with Crippen LogP contribution in [-0.4, -0.2) is 27.7 Å². The molecule has 25 heavy (non-hydrogen) atoms. The lowest BCUT2D eigenvalue weighted by Crippen LogP contribution is -2.41. The molecule has 7 heteroatoms. The third-order valence-electron chi connectivity index (χ3n) is 4.56. The first-order valence-corrected chi connectivity index (χ1v) is 9.40. The van der Waals surface area contributed by atoms with Crippen LogP contribution in [0.5, 0.6) is 5.75 Å². The van der Waals surface area contributed by atoms with Crippen molar-refractivity contribution in [3.8, 4) is 5.75 Å². The quantitative estimate of drug-likeness (QED) is 0.783. The van der Waals surface area contributed by atoms with Crippen molar-refractivity contribution in [1.82, 2.24) is 5.32 Å². The molecule has 1 heterocycles. The lowest BCUT2D eigenvalue weighted by atomic mass is 9.81. The second-order valence-corrected chi connectivity index (χ2v) is 8.54. The van der Waals surface area contributed by atoms with Crippen LogP contribution in [0.1, 0.15) is 45.6 Å². The number of rotatable bonds is 1. The minimum atomic E-state index is -0.643. The average Bonchev–Trinajstić information content (AvgIpc) is 2.92. The van der Waals surface area contributed by atoms with Crippen molar-refractivity contribution in [2.45, 2.75) is 51.2 Å². The molecular formula is C18H23FN2O3S. The summed E-state index contributed by atoms with van der Waals surface area (Å²) in [6, 6.07) is 4.41. The largest absolute Gasteiger partial charge is 0.505 e. The maximum absolute atomic E-state index is 13.5. The number of halogens is 1. The van der Waals surface area contributed by atoms with Gasteiger partial charge in [0.1, 0.15) is 5.60 Å². The number of hydrogen-bond acceptors (Lipinski definition) is 5. The van der Waals surface area contributed by atoms with Crippen LogP contribution in [-0.2, 0) is 10.3 Å². The van der Waals surface area contributed by atoms with E-state index in [1.165, 1.54) is 23.9 Å². The number of benzene rings is 1. The maximum atomic E-state index is 13.5. The second kappa shape index (κ2) is 6.52. The molecule has 5 nitrogen and oxygen atoms in total. The Morgan fingerprint density at radius 1 is 1.48 bits per heavy atom. The van der Waals surface area contributed by atoms with Gasteiger partial charge in [-0.15, -0.1) is 0 Å². The van der Waals surface area contributed by atoms with Gasteiger partial charge in [0, 0.05) is 5.75 Å². The van der Waals surface area contributed by atoms with E-state index in [2.05, 4.69) is 5.32 Å². The normalized spacial score (nSPS) is 25.9. The number of alkyl carbamates (subject to hydrolysis) is 1. The summed E-state index contributed by atoms with van der Waals surface area (Å²) in [7, 11) is 0. The molecule has 1 aromatic carbocycles. The molecule has 2 atom stereocenters. The molecule has 3 rings (SSSR count). The average molecular weight is 366 g/mol. The van der Waals surface area contributed by atoms with Gasteiger partial charge in [-0.1, -0.05) is 24.2 Å². The van der Waals surface area contributed by atoms with E-state index < -0.39 is 23.1 Å². The summed E-state index contributed by atoms with van der Waals surface area (Å²) in [5.41, 5.74) is -0.321. The summed E-state index contributed by atoms with van der Waals surface area (Å²) in [4.78, 5) is 16.9. The number of carbonyl (C=O) groups excluding carboxylic acids is 1. The van der Waals surface area contributed by atoms with E-state index in [0.29, 0.717) is 11.1 Å². The summed E-state index contributed by atoms with van der Waals surface area (Å²) < 4.78 is 18.7. The Kier molecular flexibility index (Phi) is 4.70. The third-order valence-corrected chi connectivity index (χ3v) is 5.60. The molecule has 1 amide bonds. The Morgan fingerprint density at radius 2 is 2.24 bits per heavy atom. The van der Waals surface area contributed by atoms with E-state index in [1.807, 2.05) is 0 Å². The van der Waals surface area contributed by atoms with Crippen LogP contribution in [0, 0.1) is 11.7 Å². The summed E-state index contributed by atoms with van der Waals surface area (Å²) in [6.07, 6.45) is 2.30. The molecule has 0 saturated heterocycles. The SMILES string of the molecule is CC(C)(C)OC(=O)NC1=N[C@@]2(c3ccc(F)c(O)c3)CCCC2CS1. The van der Waals surface area contributed by atoms with E-state index in [-0.39, 0.29) is 5.75 Å². The maximum Gasteiger partial charge on any atom is 0.413 e. The second-order valence-electron chi connectivity index (χ2n) is 7.53. The summed E-state index contributed by atoms with van der Waals surface area (Å²) in [5, 5.41) is 13.0. The van der Waals surface area contributed by atoms with Crippen LogP contribution in [0.2, 0.25) is 0 Å². The van der Waals surface area contributed by atoms with Crippen LogP contribution in [0.15, 0.2) is 23.2 Å². The van der Waals surface area contributed by atoms with Crippen LogP contribution < -0.4 is 5.32 Å². The van der Waals surface area contributed by atoms with Gasteiger partial charge in [-0.05, 0) is 57.2 Å². The van der Waals surface area contributed by atoms with Gasteiger partial charge in [-0.25, -0.2) is 9.18 Å². The highest BCUT2D eigenvalue weighted by Gasteiger charge is 2.47. The van der Waals surface area contributed by atoms with E-state index in [9.17, 15) is 14.3 Å². The van der Waals surface area contributed by atoms with Gasteiger partial charge in [0.05, 0.1) is 5.54 Å². The number of amidine groups is 1. The number of nitrogens with one attached hydrogen (secondary N) is 1. The Balaban J connectivity index is 1.89. The monoisotopic (exact) mass is 366 g/mol. The van der Waals surface area contributed by atoms with Crippen molar-refractivity contribution in [2.24, 2.45) is 10.9 Å². The van der Waals surface area contributed by atoms with Crippen LogP contribution in [0.25, 0.3) is 0 Å². The van der Waals surface area contributed by atoms with E-state index in [4.69, 9.17) is 9.73 Å². The van der Waals surface area contributed by atoms with Crippen molar-refractivity contribution < 1.29 is 19.0 Å². The number of thioether (sulfide) groups is 1. The van der Waals surface area contributed by atoms with Gasteiger partial charge >= 0.3 is 6.09 Å². The fourth-order valence-corrected chi connectivity index (χ4v) is 4.69.